The Morgan fingerprint density at radius 3 is 2.03 bits per heavy atom. The van der Waals surface area contributed by atoms with Crippen LogP contribution in [0.15, 0.2) is 12.1 Å². The van der Waals surface area contributed by atoms with Gasteiger partial charge in [-0.3, -0.25) is 19.2 Å². The summed E-state index contributed by atoms with van der Waals surface area (Å²) in [5.41, 5.74) is 0.0978. The summed E-state index contributed by atoms with van der Waals surface area (Å²) in [6.07, 6.45) is -0.551. The lowest BCUT2D eigenvalue weighted by atomic mass is 10.1. The van der Waals surface area contributed by atoms with Crippen molar-refractivity contribution in [2.75, 3.05) is 35.0 Å². The highest BCUT2D eigenvalue weighted by Gasteiger charge is 2.24. The van der Waals surface area contributed by atoms with Crippen LogP contribution in [0.4, 0.5) is 0 Å². The summed E-state index contributed by atoms with van der Waals surface area (Å²) in [5, 5.41) is 13.6. The Hall–Kier alpha value is -3.50. The van der Waals surface area contributed by atoms with Gasteiger partial charge in [0.2, 0.25) is 11.7 Å². The predicted molar refractivity (Wildman–Crippen MR) is 99.2 cm³/mol. The van der Waals surface area contributed by atoms with Gasteiger partial charge in [-0.15, -0.1) is 0 Å². The summed E-state index contributed by atoms with van der Waals surface area (Å²) in [6.45, 7) is -0.418. The molecule has 0 radical (unpaired) electrons. The molecular weight excluding hydrogens is 388 g/mol. The van der Waals surface area contributed by atoms with Crippen LogP contribution in [0.2, 0.25) is 0 Å². The Kier molecular flexibility index (Phi) is 9.23. The van der Waals surface area contributed by atoms with Crippen molar-refractivity contribution in [2.24, 2.45) is 0 Å². The zero-order chi connectivity index (χ0) is 22.0. The lowest BCUT2D eigenvalue weighted by Crippen LogP contribution is -2.48. The van der Waals surface area contributed by atoms with Gasteiger partial charge in [0, 0.05) is 12.0 Å². The van der Waals surface area contributed by atoms with Crippen LogP contribution in [0.25, 0.3) is 0 Å². The number of amides is 2. The third-order valence-corrected chi connectivity index (χ3v) is 3.83. The minimum atomic E-state index is -1.19. The molecule has 0 aliphatic heterocycles. The monoisotopic (exact) mass is 412 g/mol. The van der Waals surface area contributed by atoms with Crippen molar-refractivity contribution in [2.45, 2.75) is 18.9 Å². The van der Waals surface area contributed by atoms with Crippen molar-refractivity contribution in [1.29, 1.82) is 0 Å². The number of hydrogen-bond donors (Lipinski definition) is 3. The Balaban J connectivity index is 3.05. The van der Waals surface area contributed by atoms with Crippen LogP contribution in [-0.2, 0) is 19.1 Å². The molecule has 11 nitrogen and oxygen atoms in total. The van der Waals surface area contributed by atoms with Gasteiger partial charge in [0.05, 0.1) is 28.4 Å². The number of hydrogen-bond acceptors (Lipinski definition) is 8. The molecule has 0 saturated heterocycles. The van der Waals surface area contributed by atoms with Gasteiger partial charge in [-0.1, -0.05) is 0 Å². The van der Waals surface area contributed by atoms with Crippen molar-refractivity contribution in [1.82, 2.24) is 10.6 Å². The topological polar surface area (TPSA) is 149 Å². The molecular formula is C18H24N2O9. The summed E-state index contributed by atoms with van der Waals surface area (Å²) in [5.74, 6) is -2.48. The van der Waals surface area contributed by atoms with Crippen LogP contribution < -0.4 is 24.8 Å². The van der Waals surface area contributed by atoms with Gasteiger partial charge < -0.3 is 34.7 Å². The van der Waals surface area contributed by atoms with E-state index in [-0.39, 0.29) is 35.7 Å². The minimum Gasteiger partial charge on any atom is -0.493 e. The summed E-state index contributed by atoms with van der Waals surface area (Å²) < 4.78 is 20.0. The van der Waals surface area contributed by atoms with Crippen LogP contribution in [-0.4, -0.2) is 69.9 Å². The van der Waals surface area contributed by atoms with Crippen molar-refractivity contribution < 1.29 is 43.2 Å². The molecule has 0 fully saturated rings. The first kappa shape index (κ1) is 23.5. The van der Waals surface area contributed by atoms with Crippen LogP contribution in [0.1, 0.15) is 23.2 Å². The first-order valence-corrected chi connectivity index (χ1v) is 8.44. The van der Waals surface area contributed by atoms with Gasteiger partial charge in [0.25, 0.3) is 5.91 Å². The molecule has 3 N–H and O–H groups in total. The highest BCUT2D eigenvalue weighted by molar-refractivity contribution is 5.99. The maximum Gasteiger partial charge on any atom is 0.325 e. The van der Waals surface area contributed by atoms with E-state index in [0.717, 1.165) is 7.11 Å². The van der Waals surface area contributed by atoms with E-state index < -0.39 is 36.3 Å². The molecule has 1 atom stereocenters. The molecule has 0 aliphatic carbocycles. The number of carbonyl (C=O) groups excluding carboxylic acids is 3. The molecule has 0 aromatic heterocycles. The second kappa shape index (κ2) is 11.4. The van der Waals surface area contributed by atoms with Gasteiger partial charge in [0.1, 0.15) is 12.6 Å². The maximum absolute atomic E-state index is 12.7. The Bertz CT molecular complexity index is 739. The Labute approximate surface area is 167 Å². The van der Waals surface area contributed by atoms with Crippen molar-refractivity contribution in [3.8, 4) is 17.2 Å². The number of esters is 1. The molecule has 0 heterocycles. The van der Waals surface area contributed by atoms with E-state index in [1.807, 2.05) is 0 Å². The lowest BCUT2D eigenvalue weighted by Gasteiger charge is -2.19. The molecule has 0 unspecified atom stereocenters. The molecule has 0 bridgehead atoms. The Morgan fingerprint density at radius 2 is 1.59 bits per heavy atom. The highest BCUT2D eigenvalue weighted by atomic mass is 16.5. The number of carboxylic acids is 1. The van der Waals surface area contributed by atoms with E-state index in [1.54, 1.807) is 0 Å². The number of aliphatic carboxylic acids is 1. The van der Waals surface area contributed by atoms with Gasteiger partial charge in [0.15, 0.2) is 11.5 Å². The summed E-state index contributed by atoms with van der Waals surface area (Å²) >= 11 is 0. The first-order chi connectivity index (χ1) is 13.8. The van der Waals surface area contributed by atoms with E-state index in [1.165, 1.54) is 33.5 Å². The molecule has 160 valence electrons. The van der Waals surface area contributed by atoms with Crippen LogP contribution in [0.3, 0.4) is 0 Å². The van der Waals surface area contributed by atoms with Crippen LogP contribution >= 0.6 is 0 Å². The van der Waals surface area contributed by atoms with E-state index in [4.69, 9.17) is 19.3 Å². The van der Waals surface area contributed by atoms with Crippen molar-refractivity contribution in [3.63, 3.8) is 0 Å². The van der Waals surface area contributed by atoms with Crippen molar-refractivity contribution >= 4 is 23.8 Å². The Morgan fingerprint density at radius 1 is 1.00 bits per heavy atom. The van der Waals surface area contributed by atoms with Crippen LogP contribution in [0.5, 0.6) is 17.2 Å². The zero-order valence-corrected chi connectivity index (χ0v) is 16.6. The number of carbonyl (C=O) groups is 4. The fraction of sp³-hybridized carbons (Fsp3) is 0.444. The standard InChI is InChI=1S/C18H24N2O9/c1-26-12-7-10(8-13(27-2)16(12)29-4)17(24)20-11(5-6-14(21)22)18(25)19-9-15(23)28-3/h7-8,11H,5-6,9H2,1-4H3,(H,19,25)(H,20,24)(H,21,22)/t11-/m0/s1. The number of benzene rings is 1. The maximum atomic E-state index is 12.7. The predicted octanol–water partition coefficient (Wildman–Crippen LogP) is -0.0352. The average molecular weight is 412 g/mol. The number of nitrogens with one attached hydrogen (secondary N) is 2. The van der Waals surface area contributed by atoms with E-state index in [2.05, 4.69) is 15.4 Å². The van der Waals surface area contributed by atoms with Gasteiger partial charge >= 0.3 is 11.9 Å². The van der Waals surface area contributed by atoms with E-state index in [0.29, 0.717) is 0 Å². The minimum absolute atomic E-state index is 0.0978. The average Bonchev–Trinajstić information content (AvgIpc) is 2.72. The molecule has 1 aromatic rings. The fourth-order valence-corrected chi connectivity index (χ4v) is 2.35. The lowest BCUT2D eigenvalue weighted by molar-refractivity contribution is -0.141. The van der Waals surface area contributed by atoms with Gasteiger partial charge in [-0.05, 0) is 18.6 Å². The molecule has 0 saturated carbocycles. The molecule has 1 rings (SSSR count). The molecule has 11 heteroatoms. The first-order valence-electron chi connectivity index (χ1n) is 8.44. The smallest absolute Gasteiger partial charge is 0.325 e. The number of ether oxygens (including phenoxy) is 4. The highest BCUT2D eigenvalue weighted by Crippen LogP contribution is 2.38. The van der Waals surface area contributed by atoms with Crippen molar-refractivity contribution in [3.05, 3.63) is 17.7 Å². The number of carboxylic acid groups (broad SMARTS) is 1. The summed E-state index contributed by atoms with van der Waals surface area (Å²) in [7, 11) is 5.33. The summed E-state index contributed by atoms with van der Waals surface area (Å²) in [6, 6.07) is 1.58. The largest absolute Gasteiger partial charge is 0.493 e. The van der Waals surface area contributed by atoms with E-state index in [9.17, 15) is 19.2 Å². The van der Waals surface area contributed by atoms with Gasteiger partial charge in [-0.25, -0.2) is 0 Å². The fourth-order valence-electron chi connectivity index (χ4n) is 2.35. The van der Waals surface area contributed by atoms with Crippen LogP contribution in [0, 0.1) is 0 Å². The third-order valence-electron chi connectivity index (χ3n) is 3.83. The quantitative estimate of drug-likeness (QED) is 0.426. The number of rotatable bonds is 11. The summed E-state index contributed by atoms with van der Waals surface area (Å²) in [4.78, 5) is 47.0. The molecule has 1 aromatic carbocycles. The second-order valence-electron chi connectivity index (χ2n) is 5.67. The molecule has 2 amide bonds. The molecule has 0 aliphatic rings. The molecule has 0 spiro atoms. The zero-order valence-electron chi connectivity index (χ0n) is 16.6. The SMILES string of the molecule is COC(=O)CNC(=O)[C@H](CCC(=O)O)NC(=O)c1cc(OC)c(OC)c(OC)c1. The second-order valence-corrected chi connectivity index (χ2v) is 5.67. The third kappa shape index (κ3) is 6.87. The molecule has 29 heavy (non-hydrogen) atoms. The number of methoxy groups -OCH3 is 4. The van der Waals surface area contributed by atoms with Gasteiger partial charge in [-0.2, -0.15) is 0 Å². The van der Waals surface area contributed by atoms with E-state index >= 15 is 0 Å². The normalized spacial score (nSPS) is 11.0.